The van der Waals surface area contributed by atoms with E-state index in [-0.39, 0.29) is 63.7 Å². The molecule has 1 aromatic rings. The van der Waals surface area contributed by atoms with Gasteiger partial charge in [-0.3, -0.25) is 4.98 Å². The Morgan fingerprint density at radius 2 is 2.20 bits per heavy atom. The summed E-state index contributed by atoms with van der Waals surface area (Å²) < 4.78 is 0.891. The van der Waals surface area contributed by atoms with Gasteiger partial charge in [0.2, 0.25) is 0 Å². The molecule has 1 rings (SSSR count). The predicted octanol–water partition coefficient (Wildman–Crippen LogP) is -0.875. The molecular weight excluding hydrogens is 291 g/mol. The van der Waals surface area contributed by atoms with Crippen molar-refractivity contribution in [3.63, 3.8) is 0 Å². The van der Waals surface area contributed by atoms with E-state index in [0.717, 1.165) is 4.47 Å². The smallest absolute Gasteiger partial charge is 0.870 e. The van der Waals surface area contributed by atoms with Crippen molar-refractivity contribution in [3.05, 3.63) is 28.0 Å². The molecule has 10 heavy (non-hydrogen) atoms. The maximum atomic E-state index is 5.42. The van der Waals surface area contributed by atoms with Crippen molar-refractivity contribution in [2.75, 3.05) is 0 Å². The zero-order chi connectivity index (χ0) is 5.98. The van der Waals surface area contributed by atoms with Crippen molar-refractivity contribution in [1.29, 1.82) is 0 Å². The van der Waals surface area contributed by atoms with Gasteiger partial charge >= 0.3 is 58.2 Å². The van der Waals surface area contributed by atoms with Crippen LogP contribution in [0.4, 0.5) is 0 Å². The number of hydrogen-bond acceptors (Lipinski definition) is 2. The first-order chi connectivity index (χ1) is 3.79. The standard InChI is InChI=1S/C5H2BrClN.H2O.Rb/c6-4-1-2-5(7)8-3-4;;/h1,3H;1H2;/q-1;;+1/p-1. The number of pyridine rings is 1. The maximum Gasteiger partial charge on any atom is 1.00 e. The summed E-state index contributed by atoms with van der Waals surface area (Å²) in [6.45, 7) is 0. The number of nitrogens with zero attached hydrogens (tertiary/aromatic N) is 1. The maximum absolute atomic E-state index is 5.42. The van der Waals surface area contributed by atoms with Crippen molar-refractivity contribution in [2.45, 2.75) is 0 Å². The Kier molecular flexibility index (Phi) is 10.4. The van der Waals surface area contributed by atoms with Crippen LogP contribution >= 0.6 is 27.5 Å². The molecule has 0 spiro atoms. The zero-order valence-corrected chi connectivity index (χ0v) is 12.6. The van der Waals surface area contributed by atoms with Gasteiger partial charge in [-0.2, -0.15) is 15.9 Å². The fraction of sp³-hybridized carbons (Fsp3) is 0. The molecule has 0 bridgehead atoms. The molecule has 1 aromatic heterocycles. The Hall–Kier alpha value is 1.69. The van der Waals surface area contributed by atoms with Crippen LogP contribution in [0.25, 0.3) is 0 Å². The van der Waals surface area contributed by atoms with E-state index in [1.807, 2.05) is 0 Å². The Balaban J connectivity index is 0. The van der Waals surface area contributed by atoms with Crippen molar-refractivity contribution < 1.29 is 63.7 Å². The van der Waals surface area contributed by atoms with E-state index in [1.165, 1.54) is 0 Å². The van der Waals surface area contributed by atoms with Crippen LogP contribution in [0.2, 0.25) is 5.15 Å². The molecule has 0 aliphatic heterocycles. The molecule has 0 aliphatic carbocycles. The van der Waals surface area contributed by atoms with Crippen LogP contribution < -0.4 is 58.2 Å². The average Bonchev–Trinajstić information content (AvgIpc) is 1.77. The normalized spacial score (nSPS) is 7.40. The molecular formula is C5H3BrClNORb-. The molecule has 0 fully saturated rings. The molecule has 50 valence electrons. The van der Waals surface area contributed by atoms with Crippen LogP contribution in [0.5, 0.6) is 0 Å². The summed E-state index contributed by atoms with van der Waals surface area (Å²) in [7, 11) is 0. The number of rotatable bonds is 0. The van der Waals surface area contributed by atoms with Crippen LogP contribution in [-0.4, -0.2) is 10.5 Å². The molecule has 0 atom stereocenters. The van der Waals surface area contributed by atoms with E-state index in [4.69, 9.17) is 11.6 Å². The van der Waals surface area contributed by atoms with Crippen molar-refractivity contribution in [1.82, 2.24) is 4.98 Å². The van der Waals surface area contributed by atoms with E-state index in [9.17, 15) is 0 Å². The average molecular weight is 294 g/mol. The van der Waals surface area contributed by atoms with E-state index in [0.29, 0.717) is 5.15 Å². The number of hydrogen-bond donors (Lipinski definition) is 0. The summed E-state index contributed by atoms with van der Waals surface area (Å²) in [6.07, 6.45) is 1.62. The molecule has 0 aliphatic rings. The van der Waals surface area contributed by atoms with Crippen LogP contribution in [0.3, 0.4) is 0 Å². The molecule has 0 aromatic carbocycles. The predicted molar refractivity (Wildman–Crippen MR) is 37.7 cm³/mol. The van der Waals surface area contributed by atoms with Gasteiger partial charge < -0.3 is 5.48 Å². The van der Waals surface area contributed by atoms with Gasteiger partial charge in [-0.1, -0.05) is 11.6 Å². The Morgan fingerprint density at radius 1 is 1.60 bits per heavy atom. The Morgan fingerprint density at radius 3 is 2.50 bits per heavy atom. The molecule has 5 heteroatoms. The second-order valence-corrected chi connectivity index (χ2v) is 2.50. The summed E-state index contributed by atoms with van der Waals surface area (Å²) in [4.78, 5) is 3.74. The quantitative estimate of drug-likeness (QED) is 0.461. The van der Waals surface area contributed by atoms with Gasteiger partial charge in [0, 0.05) is 5.15 Å². The molecule has 0 radical (unpaired) electrons. The molecule has 0 unspecified atom stereocenters. The van der Waals surface area contributed by atoms with Gasteiger partial charge in [-0.15, -0.1) is 4.47 Å². The molecule has 0 amide bonds. The van der Waals surface area contributed by atoms with E-state index >= 15 is 0 Å². The largest absolute Gasteiger partial charge is 1.00 e. The third-order valence-corrected chi connectivity index (χ3v) is 1.27. The van der Waals surface area contributed by atoms with E-state index in [1.54, 1.807) is 12.3 Å². The van der Waals surface area contributed by atoms with Gasteiger partial charge in [-0.25, -0.2) is 12.1 Å². The van der Waals surface area contributed by atoms with E-state index in [2.05, 4.69) is 27.0 Å². The van der Waals surface area contributed by atoms with Gasteiger partial charge in [0.15, 0.2) is 0 Å². The minimum atomic E-state index is 0. The van der Waals surface area contributed by atoms with Gasteiger partial charge in [0.05, 0.1) is 0 Å². The third kappa shape index (κ3) is 5.35. The minimum absolute atomic E-state index is 0. The number of halogens is 2. The fourth-order valence-corrected chi connectivity index (χ4v) is 0.642. The molecule has 1 N–H and O–H groups in total. The SMILES string of the molecule is Clc1[c-]cc(Br)cn1.[OH-].[Rb+]. The van der Waals surface area contributed by atoms with Gasteiger partial charge in [0.1, 0.15) is 0 Å². The minimum Gasteiger partial charge on any atom is -0.870 e. The summed E-state index contributed by atoms with van der Waals surface area (Å²) in [6, 6.07) is 4.42. The van der Waals surface area contributed by atoms with Gasteiger partial charge in [0.25, 0.3) is 0 Å². The zero-order valence-electron chi connectivity index (χ0n) is 5.31. The molecule has 0 saturated heterocycles. The second kappa shape index (κ2) is 7.34. The summed E-state index contributed by atoms with van der Waals surface area (Å²) >= 11 is 8.62. The van der Waals surface area contributed by atoms with Crippen LogP contribution in [-0.2, 0) is 0 Å². The summed E-state index contributed by atoms with van der Waals surface area (Å²) in [5.41, 5.74) is 0. The fourth-order valence-electron chi connectivity index (χ4n) is 0.321. The topological polar surface area (TPSA) is 42.9 Å². The third-order valence-electron chi connectivity index (χ3n) is 0.630. The molecule has 2 nitrogen and oxygen atoms in total. The molecule has 1 heterocycles. The summed E-state index contributed by atoms with van der Waals surface area (Å²) in [5, 5.41) is 0.396. The van der Waals surface area contributed by atoms with Gasteiger partial charge in [-0.05, 0) is 6.20 Å². The first kappa shape index (κ1) is 14.2. The summed E-state index contributed by atoms with van der Waals surface area (Å²) in [5.74, 6) is 0. The number of aromatic nitrogens is 1. The molecule has 0 saturated carbocycles. The monoisotopic (exact) mass is 292 g/mol. The van der Waals surface area contributed by atoms with Crippen molar-refractivity contribution in [3.8, 4) is 0 Å². The van der Waals surface area contributed by atoms with Crippen molar-refractivity contribution in [2.24, 2.45) is 0 Å². The van der Waals surface area contributed by atoms with Crippen LogP contribution in [0.1, 0.15) is 0 Å². The second-order valence-electron chi connectivity index (χ2n) is 1.22. The van der Waals surface area contributed by atoms with E-state index < -0.39 is 0 Å². The first-order valence-electron chi connectivity index (χ1n) is 1.98. The van der Waals surface area contributed by atoms with Crippen LogP contribution in [0.15, 0.2) is 16.7 Å². The Bertz CT molecular complexity index is 161. The van der Waals surface area contributed by atoms with Crippen molar-refractivity contribution >= 4 is 27.5 Å². The Labute approximate surface area is 122 Å². The first-order valence-corrected chi connectivity index (χ1v) is 3.15. The van der Waals surface area contributed by atoms with Crippen LogP contribution in [0, 0.1) is 6.07 Å².